The maximum atomic E-state index is 9.45. The summed E-state index contributed by atoms with van der Waals surface area (Å²) in [6, 6.07) is 3.25. The van der Waals surface area contributed by atoms with Crippen molar-refractivity contribution in [3.8, 4) is 17.2 Å². The Morgan fingerprint density at radius 2 is 2.08 bits per heavy atom. The number of hydrogen-bond donors (Lipinski definition) is 2. The molecule has 0 fully saturated rings. The number of fused-ring (bicyclic) bond motifs is 1. The van der Waals surface area contributed by atoms with Gasteiger partial charge in [-0.2, -0.15) is 0 Å². The van der Waals surface area contributed by atoms with Gasteiger partial charge < -0.3 is 20.3 Å². The van der Waals surface area contributed by atoms with Crippen LogP contribution in [-0.4, -0.2) is 18.3 Å². The van der Waals surface area contributed by atoms with E-state index < -0.39 is 0 Å². The summed E-state index contributed by atoms with van der Waals surface area (Å²) in [5.41, 5.74) is 6.09. The molecule has 3 N–H and O–H groups in total. The highest BCUT2D eigenvalue weighted by Gasteiger charge is 2.17. The lowest BCUT2D eigenvalue weighted by Gasteiger charge is -2.21. The lowest BCUT2D eigenvalue weighted by atomic mass is 10.1. The molecule has 4 heteroatoms. The van der Waals surface area contributed by atoms with Crippen LogP contribution in [0, 0.1) is 0 Å². The van der Waals surface area contributed by atoms with Gasteiger partial charge in [0.05, 0.1) is 5.56 Å². The molecule has 0 aromatic heterocycles. The molecular weight excluding hydrogens is 170 g/mol. The van der Waals surface area contributed by atoms with E-state index in [1.54, 1.807) is 12.1 Å². The molecule has 2 rings (SSSR count). The maximum Gasteiger partial charge on any atom is 0.169 e. The van der Waals surface area contributed by atoms with Gasteiger partial charge in [0.2, 0.25) is 0 Å². The lowest BCUT2D eigenvalue weighted by Crippen LogP contribution is -2.17. The zero-order valence-corrected chi connectivity index (χ0v) is 7.12. The highest BCUT2D eigenvalue weighted by atomic mass is 16.6. The first kappa shape index (κ1) is 8.19. The van der Waals surface area contributed by atoms with Crippen LogP contribution in [0.5, 0.6) is 17.2 Å². The fourth-order valence-corrected chi connectivity index (χ4v) is 1.36. The van der Waals surface area contributed by atoms with Crippen LogP contribution in [0.15, 0.2) is 12.1 Å². The molecule has 1 aliphatic rings. The van der Waals surface area contributed by atoms with Crippen LogP contribution >= 0.6 is 0 Å². The fourth-order valence-electron chi connectivity index (χ4n) is 1.36. The minimum Gasteiger partial charge on any atom is -0.507 e. The molecule has 1 aliphatic heterocycles. The molecule has 0 aliphatic carbocycles. The van der Waals surface area contributed by atoms with Gasteiger partial charge in [-0.3, -0.25) is 0 Å². The summed E-state index contributed by atoms with van der Waals surface area (Å²) in [6.07, 6.45) is 0. The summed E-state index contributed by atoms with van der Waals surface area (Å²) < 4.78 is 10.7. The predicted octanol–water partition coefficient (Wildman–Crippen LogP) is 0.622. The van der Waals surface area contributed by atoms with Crippen molar-refractivity contribution >= 4 is 0 Å². The van der Waals surface area contributed by atoms with Crippen molar-refractivity contribution in [2.75, 3.05) is 13.2 Å². The highest BCUT2D eigenvalue weighted by Crippen LogP contribution is 2.38. The molecule has 0 radical (unpaired) electrons. The van der Waals surface area contributed by atoms with E-state index in [0.717, 1.165) is 0 Å². The Kier molecular flexibility index (Phi) is 1.98. The lowest BCUT2D eigenvalue weighted by molar-refractivity contribution is 0.169. The summed E-state index contributed by atoms with van der Waals surface area (Å²) in [4.78, 5) is 0. The number of nitrogens with two attached hydrogens (primary N) is 1. The highest BCUT2D eigenvalue weighted by molar-refractivity contribution is 5.53. The van der Waals surface area contributed by atoms with E-state index in [1.807, 2.05) is 0 Å². The van der Waals surface area contributed by atoms with Gasteiger partial charge in [-0.15, -0.1) is 0 Å². The van der Waals surface area contributed by atoms with Crippen molar-refractivity contribution in [2.24, 2.45) is 5.73 Å². The molecule has 0 bridgehead atoms. The third-order valence-corrected chi connectivity index (χ3v) is 1.99. The Labute approximate surface area is 75.9 Å². The van der Waals surface area contributed by atoms with Gasteiger partial charge in [-0.25, -0.2) is 0 Å². The van der Waals surface area contributed by atoms with E-state index in [0.29, 0.717) is 30.3 Å². The first-order chi connectivity index (χ1) is 6.33. The van der Waals surface area contributed by atoms with Crippen LogP contribution in [0.4, 0.5) is 0 Å². The van der Waals surface area contributed by atoms with Crippen molar-refractivity contribution in [3.05, 3.63) is 17.7 Å². The molecule has 1 aromatic carbocycles. The minimum atomic E-state index is 0.159. The number of hydrogen-bond acceptors (Lipinski definition) is 4. The van der Waals surface area contributed by atoms with Gasteiger partial charge in [-0.05, 0) is 12.1 Å². The Hall–Kier alpha value is -1.42. The molecular formula is C9H11NO3. The average molecular weight is 181 g/mol. The first-order valence-electron chi connectivity index (χ1n) is 4.13. The van der Waals surface area contributed by atoms with E-state index in [1.165, 1.54) is 0 Å². The second kappa shape index (κ2) is 3.14. The van der Waals surface area contributed by atoms with Crippen LogP contribution < -0.4 is 15.2 Å². The van der Waals surface area contributed by atoms with Gasteiger partial charge >= 0.3 is 0 Å². The molecule has 0 unspecified atom stereocenters. The van der Waals surface area contributed by atoms with Crippen molar-refractivity contribution in [1.29, 1.82) is 0 Å². The number of rotatable bonds is 1. The van der Waals surface area contributed by atoms with Crippen LogP contribution in [-0.2, 0) is 6.54 Å². The topological polar surface area (TPSA) is 64.7 Å². The molecule has 1 heterocycles. The molecule has 4 nitrogen and oxygen atoms in total. The number of benzene rings is 1. The van der Waals surface area contributed by atoms with Gasteiger partial charge in [0.25, 0.3) is 0 Å². The number of aromatic hydroxyl groups is 1. The fraction of sp³-hybridized carbons (Fsp3) is 0.333. The largest absolute Gasteiger partial charge is 0.507 e. The number of ether oxygens (including phenoxy) is 2. The molecule has 0 atom stereocenters. The minimum absolute atomic E-state index is 0.159. The van der Waals surface area contributed by atoms with Crippen LogP contribution in [0.3, 0.4) is 0 Å². The summed E-state index contributed by atoms with van der Waals surface area (Å²) in [5.74, 6) is 1.39. The second-order valence-corrected chi connectivity index (χ2v) is 2.79. The summed E-state index contributed by atoms with van der Waals surface area (Å²) in [5, 5.41) is 9.45. The zero-order chi connectivity index (χ0) is 9.26. The monoisotopic (exact) mass is 181 g/mol. The van der Waals surface area contributed by atoms with Crippen molar-refractivity contribution in [3.63, 3.8) is 0 Å². The Morgan fingerprint density at radius 3 is 2.85 bits per heavy atom. The molecule has 13 heavy (non-hydrogen) atoms. The molecule has 0 saturated heterocycles. The molecule has 0 saturated carbocycles. The Morgan fingerprint density at radius 1 is 1.31 bits per heavy atom. The normalized spacial score (nSPS) is 14.2. The smallest absolute Gasteiger partial charge is 0.169 e. The van der Waals surface area contributed by atoms with E-state index >= 15 is 0 Å². The van der Waals surface area contributed by atoms with E-state index in [-0.39, 0.29) is 12.3 Å². The third kappa shape index (κ3) is 1.29. The molecule has 0 spiro atoms. The van der Waals surface area contributed by atoms with Gasteiger partial charge in [0, 0.05) is 6.54 Å². The van der Waals surface area contributed by atoms with E-state index in [2.05, 4.69) is 0 Å². The van der Waals surface area contributed by atoms with Gasteiger partial charge in [-0.1, -0.05) is 0 Å². The maximum absolute atomic E-state index is 9.45. The number of phenols is 1. The van der Waals surface area contributed by atoms with Gasteiger partial charge in [0.1, 0.15) is 19.0 Å². The van der Waals surface area contributed by atoms with Gasteiger partial charge in [0.15, 0.2) is 11.5 Å². The Bertz CT molecular complexity index is 325. The van der Waals surface area contributed by atoms with E-state index in [9.17, 15) is 5.11 Å². The van der Waals surface area contributed by atoms with Crippen LogP contribution in [0.25, 0.3) is 0 Å². The summed E-state index contributed by atoms with van der Waals surface area (Å²) >= 11 is 0. The quantitative estimate of drug-likeness (QED) is 0.666. The van der Waals surface area contributed by atoms with Crippen LogP contribution in [0.2, 0.25) is 0 Å². The Balaban J connectivity index is 2.52. The predicted molar refractivity (Wildman–Crippen MR) is 47.0 cm³/mol. The zero-order valence-electron chi connectivity index (χ0n) is 7.12. The summed E-state index contributed by atoms with van der Waals surface area (Å²) in [7, 11) is 0. The van der Waals surface area contributed by atoms with Crippen molar-refractivity contribution in [2.45, 2.75) is 6.54 Å². The summed E-state index contributed by atoms with van der Waals surface area (Å²) in [6.45, 7) is 1.30. The first-order valence-corrected chi connectivity index (χ1v) is 4.13. The van der Waals surface area contributed by atoms with Crippen LogP contribution in [0.1, 0.15) is 5.56 Å². The second-order valence-electron chi connectivity index (χ2n) is 2.79. The standard InChI is InChI=1S/C9H11NO3/c10-5-6-7(11)1-2-8-9(6)13-4-3-12-8/h1-2,11H,3-5,10H2. The van der Waals surface area contributed by atoms with Crippen molar-refractivity contribution < 1.29 is 14.6 Å². The number of phenolic OH excluding ortho intramolecular Hbond substituents is 1. The molecule has 70 valence electrons. The van der Waals surface area contributed by atoms with Crippen molar-refractivity contribution in [1.82, 2.24) is 0 Å². The SMILES string of the molecule is NCc1c(O)ccc2c1OCCO2. The van der Waals surface area contributed by atoms with E-state index in [4.69, 9.17) is 15.2 Å². The third-order valence-electron chi connectivity index (χ3n) is 1.99. The average Bonchev–Trinajstić information content (AvgIpc) is 2.18. The molecule has 0 amide bonds. The molecule has 1 aromatic rings.